The summed E-state index contributed by atoms with van der Waals surface area (Å²) in [5, 5.41) is 0. The Hall–Kier alpha value is -2.69. The molecule has 10 fully saturated rings. The van der Waals surface area contributed by atoms with Gasteiger partial charge in [0, 0.05) is 46.5 Å². The average molecular weight is 1240 g/mol. The van der Waals surface area contributed by atoms with E-state index in [-0.39, 0.29) is 101 Å². The van der Waals surface area contributed by atoms with Gasteiger partial charge in [-0.3, -0.25) is 24.0 Å². The Kier molecular flexibility index (Phi) is 20.8. The fourth-order valence-corrected chi connectivity index (χ4v) is 16.6. The van der Waals surface area contributed by atoms with Gasteiger partial charge in [0.15, 0.2) is 0 Å². The van der Waals surface area contributed by atoms with E-state index in [9.17, 15) is 24.0 Å². The second-order valence-electron chi connectivity index (χ2n) is 36.9. The third-order valence-corrected chi connectivity index (χ3v) is 28.3. The first-order valence-corrected chi connectivity index (χ1v) is 35.6. The van der Waals surface area contributed by atoms with Crippen LogP contribution in [0.15, 0.2) is 0 Å². The second-order valence-corrected chi connectivity index (χ2v) is 36.9. The van der Waals surface area contributed by atoms with Gasteiger partial charge in [0.2, 0.25) is 0 Å². The summed E-state index contributed by atoms with van der Waals surface area (Å²) in [7, 11) is 1.73. The van der Waals surface area contributed by atoms with Crippen molar-refractivity contribution in [2.45, 2.75) is 350 Å². The maximum absolute atomic E-state index is 12.6. The van der Waals surface area contributed by atoms with Crippen molar-refractivity contribution >= 4 is 29.8 Å². The van der Waals surface area contributed by atoms with Crippen molar-refractivity contribution in [2.24, 2.45) is 95.1 Å². The van der Waals surface area contributed by atoms with Gasteiger partial charge in [-0.1, -0.05) is 96.9 Å². The van der Waals surface area contributed by atoms with Crippen LogP contribution in [0.4, 0.5) is 0 Å². The van der Waals surface area contributed by atoms with E-state index < -0.39 is 5.41 Å². The molecule has 0 heterocycles. The zero-order valence-corrected chi connectivity index (χ0v) is 62.0. The summed E-state index contributed by atoms with van der Waals surface area (Å²) < 4.78 is 35.5. The highest BCUT2D eigenvalue weighted by atomic mass is 16.6. The highest BCUT2D eigenvalue weighted by Gasteiger charge is 2.75. The Morgan fingerprint density at radius 1 is 0.420 bits per heavy atom. The van der Waals surface area contributed by atoms with Crippen LogP contribution >= 0.6 is 0 Å². The molecule has 0 saturated heterocycles. The van der Waals surface area contributed by atoms with E-state index in [2.05, 4.69) is 90.0 Å². The molecule has 508 valence electrons. The third-order valence-electron chi connectivity index (χ3n) is 28.3. The molecule has 0 aromatic rings. The minimum atomic E-state index is -0.400. The van der Waals surface area contributed by atoms with Gasteiger partial charge in [0.25, 0.3) is 0 Å². The quantitative estimate of drug-likeness (QED) is 0.0850. The van der Waals surface area contributed by atoms with Gasteiger partial charge in [-0.05, 0) is 253 Å². The highest BCUT2D eigenvalue weighted by molar-refractivity contribution is 5.78. The molecule has 10 aliphatic carbocycles. The van der Waals surface area contributed by atoms with Gasteiger partial charge in [-0.2, -0.15) is 0 Å². The Bertz CT molecular complexity index is 2550. The predicted molar refractivity (Wildman–Crippen MR) is 354 cm³/mol. The van der Waals surface area contributed by atoms with E-state index >= 15 is 0 Å². The fraction of sp³-hybridized carbons (Fsp3) is 0.935. The van der Waals surface area contributed by atoms with Crippen molar-refractivity contribution in [3.8, 4) is 0 Å². The molecule has 0 radical (unpaired) electrons. The number of rotatable bonds is 20. The van der Waals surface area contributed by atoms with Gasteiger partial charge < -0.3 is 28.4 Å². The molecule has 0 aromatic heterocycles. The number of hydrogen-bond acceptors (Lipinski definition) is 11. The number of hydrogen-bond donors (Lipinski definition) is 0. The van der Waals surface area contributed by atoms with E-state index in [0.717, 1.165) is 88.4 Å². The lowest BCUT2D eigenvalue weighted by molar-refractivity contribution is -0.194. The molecule has 0 amide bonds. The molecule has 15 unspecified atom stereocenters. The van der Waals surface area contributed by atoms with E-state index in [4.69, 9.17) is 28.4 Å². The molecule has 10 saturated carbocycles. The van der Waals surface area contributed by atoms with Gasteiger partial charge in [0.05, 0.1) is 33.7 Å². The standard InChI is InChI=1S/C17H30O3.C17H30O2.C15H26O2.2C14H24O2/c1-7-15(2,3)14(18)20-17(16(4,5)11-19-6)9-8-12-10-13(12)17;1-7-15(3,4)14(18)19-17(16(5,6)8-2)10-9-12-11-13(12)17;1-7-12(2,3)11(16)17-15(6)9-8-13(4)10-14(13,15)5;1-6-12(2,3)11(15)16-14(5)8-7-13(4)9-10(13)14;1-6-12(2,3)11(15)16-14(5)8-7-10-9-13(10,14)4/h12-13H,7-11H2,1-6H3;12-13H,7-11H2,1-6H3;7-10H2,1-6H3;2*10H,6-9H2,1-5H3. The minimum absolute atomic E-state index is 0.00377. The molecular formula is C77H134O11. The summed E-state index contributed by atoms with van der Waals surface area (Å²) in [6, 6.07) is 0. The number of carbonyl (C=O) groups excluding carboxylic acids is 5. The molecule has 11 nitrogen and oxygen atoms in total. The Balaban J connectivity index is 0.000000176. The van der Waals surface area contributed by atoms with Crippen LogP contribution in [0.25, 0.3) is 0 Å². The summed E-state index contributed by atoms with van der Waals surface area (Å²) in [6.07, 6.45) is 22.6. The first-order chi connectivity index (χ1) is 40.0. The van der Waals surface area contributed by atoms with Gasteiger partial charge >= 0.3 is 29.8 Å². The summed E-state index contributed by atoms with van der Waals surface area (Å²) in [5.74, 6) is 4.06. The molecule has 11 heteroatoms. The number of esters is 5. The summed E-state index contributed by atoms with van der Waals surface area (Å²) >= 11 is 0. The lowest BCUT2D eigenvalue weighted by atomic mass is 9.69. The Labute approximate surface area is 538 Å². The average Bonchev–Trinajstić information content (AvgIpc) is 1.68. The van der Waals surface area contributed by atoms with Crippen LogP contribution in [0.1, 0.15) is 322 Å². The van der Waals surface area contributed by atoms with E-state index in [1.807, 2.05) is 96.9 Å². The maximum Gasteiger partial charge on any atom is 0.312 e. The van der Waals surface area contributed by atoms with Crippen molar-refractivity contribution in [2.75, 3.05) is 13.7 Å². The van der Waals surface area contributed by atoms with Crippen molar-refractivity contribution < 1.29 is 52.4 Å². The molecule has 10 rings (SSSR count). The van der Waals surface area contributed by atoms with Crippen molar-refractivity contribution in [1.82, 2.24) is 0 Å². The zero-order chi connectivity index (χ0) is 67.1. The molecule has 10 aliphatic rings. The van der Waals surface area contributed by atoms with E-state index in [1.165, 1.54) is 64.2 Å². The highest BCUT2D eigenvalue weighted by Crippen LogP contribution is 2.78. The molecule has 88 heavy (non-hydrogen) atoms. The van der Waals surface area contributed by atoms with Crippen LogP contribution < -0.4 is 0 Å². The first kappa shape index (κ1) is 74.4. The van der Waals surface area contributed by atoms with E-state index in [0.29, 0.717) is 35.2 Å². The monoisotopic (exact) mass is 1230 g/mol. The topological polar surface area (TPSA) is 141 Å². The summed E-state index contributed by atoms with van der Waals surface area (Å²) in [6.45, 7) is 57.4. The van der Waals surface area contributed by atoms with Crippen LogP contribution in [0, 0.1) is 95.1 Å². The molecule has 0 aliphatic heterocycles. The molecule has 0 bridgehead atoms. The number of fused-ring (bicyclic) bond motifs is 5. The van der Waals surface area contributed by atoms with Gasteiger partial charge in [-0.15, -0.1) is 0 Å². The number of carbonyl (C=O) groups is 5. The molecule has 15 atom stereocenters. The maximum atomic E-state index is 12.6. The van der Waals surface area contributed by atoms with Crippen molar-refractivity contribution in [3.05, 3.63) is 0 Å². The SMILES string of the molecule is CCC(C)(C)C(=O)OC1(C(C)(C)CC)CCC2CC21.CCC(C)(C)C(=O)OC1(C(C)(C)COC)CCC2CC21.CCC(C)(C)C(=O)OC1(C)CCC2(C)CC21.CCC(C)(C)C(=O)OC1(C)CCC2(C)CC21C.CCC(C)(C)C(=O)OC1(C)CCC2CC21C. The summed E-state index contributed by atoms with van der Waals surface area (Å²) in [4.78, 5) is 61.7. The normalized spacial score (nSPS) is 38.5. The largest absolute Gasteiger partial charge is 0.459 e. The number of ether oxygens (including phenoxy) is 6. The van der Waals surface area contributed by atoms with Gasteiger partial charge in [-0.25, -0.2) is 0 Å². The Morgan fingerprint density at radius 2 is 0.818 bits per heavy atom. The minimum Gasteiger partial charge on any atom is -0.459 e. The molecule has 0 spiro atoms. The van der Waals surface area contributed by atoms with Crippen LogP contribution in [0.2, 0.25) is 0 Å². The smallest absolute Gasteiger partial charge is 0.312 e. The summed E-state index contributed by atoms with van der Waals surface area (Å²) in [5.41, 5.74) is -1.61. The van der Waals surface area contributed by atoms with Crippen LogP contribution in [0.5, 0.6) is 0 Å². The molecule has 0 N–H and O–H groups in total. The third kappa shape index (κ3) is 13.7. The second kappa shape index (κ2) is 24.6. The fourth-order valence-electron chi connectivity index (χ4n) is 16.6. The zero-order valence-electron chi connectivity index (χ0n) is 62.0. The molecular weight excluding hydrogens is 1100 g/mol. The number of methoxy groups -OCH3 is 1. The van der Waals surface area contributed by atoms with Crippen LogP contribution in [0.3, 0.4) is 0 Å². The van der Waals surface area contributed by atoms with Gasteiger partial charge in [0.1, 0.15) is 28.0 Å². The van der Waals surface area contributed by atoms with Crippen molar-refractivity contribution in [3.63, 3.8) is 0 Å². The van der Waals surface area contributed by atoms with E-state index in [1.54, 1.807) is 7.11 Å². The first-order valence-electron chi connectivity index (χ1n) is 35.6. The van der Waals surface area contributed by atoms with Crippen molar-refractivity contribution in [1.29, 1.82) is 0 Å². The van der Waals surface area contributed by atoms with Crippen LogP contribution in [-0.2, 0) is 52.4 Å². The lowest BCUT2D eigenvalue weighted by Crippen LogP contribution is -2.52. The lowest BCUT2D eigenvalue weighted by Gasteiger charge is -2.46. The molecule has 0 aromatic carbocycles. The Morgan fingerprint density at radius 3 is 1.09 bits per heavy atom. The predicted octanol–water partition coefficient (Wildman–Crippen LogP) is 19.4. The van der Waals surface area contributed by atoms with Crippen LogP contribution in [-0.4, -0.2) is 71.6 Å².